The van der Waals surface area contributed by atoms with Crippen LogP contribution in [0.5, 0.6) is 0 Å². The summed E-state index contributed by atoms with van der Waals surface area (Å²) in [4.78, 5) is 11.6. The number of anilines is 1. The third kappa shape index (κ3) is 3.24. The third-order valence-corrected chi connectivity index (χ3v) is 4.12. The van der Waals surface area contributed by atoms with Crippen LogP contribution in [0.3, 0.4) is 0 Å². The molecule has 4 heteroatoms. The molecule has 0 amide bonds. The fourth-order valence-electron chi connectivity index (χ4n) is 2.89. The average Bonchev–Trinajstić information content (AvgIpc) is 2.45. The first kappa shape index (κ1) is 14.3. The van der Waals surface area contributed by atoms with Gasteiger partial charge in [-0.25, -0.2) is 9.97 Å². The maximum Gasteiger partial charge on any atom is 0.132 e. The Labute approximate surface area is 116 Å². The highest BCUT2D eigenvalue weighted by Gasteiger charge is 2.27. The van der Waals surface area contributed by atoms with Crippen molar-refractivity contribution in [3.05, 3.63) is 17.6 Å². The van der Waals surface area contributed by atoms with Gasteiger partial charge in [0.25, 0.3) is 0 Å². The van der Waals surface area contributed by atoms with E-state index in [1.54, 1.807) is 0 Å². The van der Waals surface area contributed by atoms with E-state index in [0.717, 1.165) is 30.3 Å². The van der Waals surface area contributed by atoms with Crippen LogP contribution < -0.4 is 10.2 Å². The number of aromatic nitrogens is 2. The quantitative estimate of drug-likeness (QED) is 0.904. The van der Waals surface area contributed by atoms with Gasteiger partial charge in [-0.1, -0.05) is 6.92 Å². The zero-order valence-corrected chi connectivity index (χ0v) is 12.6. The summed E-state index contributed by atoms with van der Waals surface area (Å²) >= 11 is 0. The van der Waals surface area contributed by atoms with E-state index in [-0.39, 0.29) is 0 Å². The Morgan fingerprint density at radius 3 is 2.89 bits per heavy atom. The highest BCUT2D eigenvalue weighted by molar-refractivity contribution is 5.42. The molecular formula is C15H26N4. The lowest BCUT2D eigenvalue weighted by atomic mass is 9.96. The second-order valence-electron chi connectivity index (χ2n) is 5.45. The summed E-state index contributed by atoms with van der Waals surface area (Å²) in [6.07, 6.45) is 4.79. The van der Waals surface area contributed by atoms with Crippen molar-refractivity contribution in [2.24, 2.45) is 0 Å². The molecule has 106 valence electrons. The molecular weight excluding hydrogens is 236 g/mol. The zero-order valence-electron chi connectivity index (χ0n) is 12.6. The number of aryl methyl sites for hydroxylation is 2. The summed E-state index contributed by atoms with van der Waals surface area (Å²) in [6.45, 7) is 7.51. The first-order chi connectivity index (χ1) is 9.15. The number of hydrogen-bond acceptors (Lipinski definition) is 4. The molecule has 1 aromatic rings. The van der Waals surface area contributed by atoms with Crippen molar-refractivity contribution in [3.63, 3.8) is 0 Å². The van der Waals surface area contributed by atoms with E-state index in [1.165, 1.54) is 19.3 Å². The number of nitrogens with one attached hydrogen (secondary N) is 1. The maximum absolute atomic E-state index is 4.66. The predicted octanol–water partition coefficient (Wildman–Crippen LogP) is 2.31. The summed E-state index contributed by atoms with van der Waals surface area (Å²) in [5.41, 5.74) is 1.14. The maximum atomic E-state index is 4.66. The molecule has 1 aromatic heterocycles. The van der Waals surface area contributed by atoms with E-state index in [1.807, 2.05) is 14.0 Å². The molecule has 4 nitrogen and oxygen atoms in total. The van der Waals surface area contributed by atoms with E-state index < -0.39 is 0 Å². The Hall–Kier alpha value is -1.16. The van der Waals surface area contributed by atoms with Crippen molar-refractivity contribution < 1.29 is 0 Å². The molecule has 0 spiro atoms. The Morgan fingerprint density at radius 1 is 1.42 bits per heavy atom. The van der Waals surface area contributed by atoms with Crippen LogP contribution in [0, 0.1) is 6.92 Å². The van der Waals surface area contributed by atoms with E-state index >= 15 is 0 Å². The Kier molecular flexibility index (Phi) is 4.75. The normalized spacial score (nSPS) is 21.5. The standard InChI is InChI=1S/C15H26N4/c1-5-13-10-15(18-12(3)17-13)19-9-7-6-8-14(19)11(2)16-4/h10-11,14,16H,5-9H2,1-4H3. The van der Waals surface area contributed by atoms with Crippen LogP contribution in [-0.4, -0.2) is 35.6 Å². The van der Waals surface area contributed by atoms with E-state index in [2.05, 4.69) is 40.1 Å². The number of likely N-dealkylation sites (N-methyl/N-ethyl adjacent to an activating group) is 1. The monoisotopic (exact) mass is 262 g/mol. The molecule has 1 aliphatic heterocycles. The van der Waals surface area contributed by atoms with Crippen LogP contribution in [0.15, 0.2) is 6.07 Å². The Morgan fingerprint density at radius 2 is 2.21 bits per heavy atom. The molecule has 2 rings (SSSR count). The number of hydrogen-bond donors (Lipinski definition) is 1. The first-order valence-corrected chi connectivity index (χ1v) is 7.44. The lowest BCUT2D eigenvalue weighted by molar-refractivity contribution is 0.380. The number of rotatable bonds is 4. The molecule has 0 saturated carbocycles. The summed E-state index contributed by atoms with van der Waals surface area (Å²) < 4.78 is 0. The zero-order chi connectivity index (χ0) is 13.8. The topological polar surface area (TPSA) is 41.0 Å². The lowest BCUT2D eigenvalue weighted by Crippen LogP contribution is -2.50. The molecule has 1 fully saturated rings. The van der Waals surface area contributed by atoms with Crippen LogP contribution in [0.2, 0.25) is 0 Å². The fourth-order valence-corrected chi connectivity index (χ4v) is 2.89. The van der Waals surface area contributed by atoms with Crippen molar-refractivity contribution in [2.45, 2.75) is 58.5 Å². The van der Waals surface area contributed by atoms with Gasteiger partial charge < -0.3 is 10.2 Å². The van der Waals surface area contributed by atoms with Crippen molar-refractivity contribution in [1.29, 1.82) is 0 Å². The molecule has 0 bridgehead atoms. The molecule has 1 aliphatic rings. The summed E-state index contributed by atoms with van der Waals surface area (Å²) in [6, 6.07) is 3.19. The smallest absolute Gasteiger partial charge is 0.132 e. The second-order valence-corrected chi connectivity index (χ2v) is 5.45. The second kappa shape index (κ2) is 6.33. The molecule has 0 radical (unpaired) electrons. The van der Waals surface area contributed by atoms with Crippen molar-refractivity contribution in [1.82, 2.24) is 15.3 Å². The van der Waals surface area contributed by atoms with Gasteiger partial charge in [0.1, 0.15) is 11.6 Å². The molecule has 19 heavy (non-hydrogen) atoms. The van der Waals surface area contributed by atoms with Gasteiger partial charge in [-0.2, -0.15) is 0 Å². The van der Waals surface area contributed by atoms with Crippen molar-refractivity contribution in [3.8, 4) is 0 Å². The van der Waals surface area contributed by atoms with Gasteiger partial charge >= 0.3 is 0 Å². The molecule has 0 aromatic carbocycles. The minimum atomic E-state index is 0.487. The minimum Gasteiger partial charge on any atom is -0.352 e. The van der Waals surface area contributed by atoms with E-state index in [9.17, 15) is 0 Å². The largest absolute Gasteiger partial charge is 0.352 e. The molecule has 0 aliphatic carbocycles. The number of nitrogens with zero attached hydrogens (tertiary/aromatic N) is 3. The average molecular weight is 262 g/mol. The van der Waals surface area contributed by atoms with Gasteiger partial charge in [0.05, 0.1) is 0 Å². The van der Waals surface area contributed by atoms with Gasteiger partial charge in [0, 0.05) is 30.4 Å². The van der Waals surface area contributed by atoms with Gasteiger partial charge in [0.2, 0.25) is 0 Å². The van der Waals surface area contributed by atoms with Crippen LogP contribution >= 0.6 is 0 Å². The SMILES string of the molecule is CCc1cc(N2CCCCC2C(C)NC)nc(C)n1. The van der Waals surface area contributed by atoms with Gasteiger partial charge in [-0.3, -0.25) is 0 Å². The molecule has 2 unspecified atom stereocenters. The van der Waals surface area contributed by atoms with Crippen LogP contribution in [0.1, 0.15) is 44.6 Å². The van der Waals surface area contributed by atoms with Crippen LogP contribution in [0.25, 0.3) is 0 Å². The molecule has 1 saturated heterocycles. The number of piperidine rings is 1. The Balaban J connectivity index is 2.28. The summed E-state index contributed by atoms with van der Waals surface area (Å²) in [5.74, 6) is 1.99. The van der Waals surface area contributed by atoms with Crippen molar-refractivity contribution in [2.75, 3.05) is 18.5 Å². The van der Waals surface area contributed by atoms with Crippen molar-refractivity contribution >= 4 is 5.82 Å². The highest BCUT2D eigenvalue weighted by atomic mass is 15.2. The van der Waals surface area contributed by atoms with Crippen LogP contribution in [-0.2, 0) is 6.42 Å². The highest BCUT2D eigenvalue weighted by Crippen LogP contribution is 2.25. The Bertz CT molecular complexity index is 419. The molecule has 2 heterocycles. The molecule has 1 N–H and O–H groups in total. The van der Waals surface area contributed by atoms with E-state index in [0.29, 0.717) is 12.1 Å². The fraction of sp³-hybridized carbons (Fsp3) is 0.733. The first-order valence-electron chi connectivity index (χ1n) is 7.44. The minimum absolute atomic E-state index is 0.487. The van der Waals surface area contributed by atoms with Gasteiger partial charge in [-0.05, 0) is 46.6 Å². The third-order valence-electron chi connectivity index (χ3n) is 4.12. The van der Waals surface area contributed by atoms with Gasteiger partial charge in [-0.15, -0.1) is 0 Å². The van der Waals surface area contributed by atoms with Gasteiger partial charge in [0.15, 0.2) is 0 Å². The summed E-state index contributed by atoms with van der Waals surface area (Å²) in [7, 11) is 2.04. The lowest BCUT2D eigenvalue weighted by Gasteiger charge is -2.40. The predicted molar refractivity (Wildman–Crippen MR) is 79.7 cm³/mol. The van der Waals surface area contributed by atoms with E-state index in [4.69, 9.17) is 0 Å². The van der Waals surface area contributed by atoms with Crippen LogP contribution in [0.4, 0.5) is 5.82 Å². The summed E-state index contributed by atoms with van der Waals surface area (Å²) in [5, 5.41) is 3.39. The molecule has 2 atom stereocenters.